The molecule has 0 bridgehead atoms. The van der Waals surface area contributed by atoms with Gasteiger partial charge in [-0.2, -0.15) is 13.2 Å². The van der Waals surface area contributed by atoms with Gasteiger partial charge in [0.2, 0.25) is 0 Å². The molecular formula is C13H12F3NO2. The highest BCUT2D eigenvalue weighted by Crippen LogP contribution is 2.22. The van der Waals surface area contributed by atoms with E-state index >= 15 is 0 Å². The van der Waals surface area contributed by atoms with Gasteiger partial charge in [-0.25, -0.2) is 0 Å². The standard InChI is InChI=1S/C13H12F3NO2/c14-13(15,16)9-18-7-8-19-11-5-1-3-10-4-2-6-17-12(10)11/h1-6H,7-9H2. The van der Waals surface area contributed by atoms with Gasteiger partial charge in [0.05, 0.1) is 6.61 Å². The average molecular weight is 271 g/mol. The van der Waals surface area contributed by atoms with E-state index in [2.05, 4.69) is 9.72 Å². The fourth-order valence-electron chi connectivity index (χ4n) is 1.59. The predicted octanol–water partition coefficient (Wildman–Crippen LogP) is 3.19. The third-order valence-electron chi connectivity index (χ3n) is 2.35. The first-order chi connectivity index (χ1) is 9.06. The Kier molecular flexibility index (Phi) is 4.21. The molecule has 0 aliphatic heterocycles. The first-order valence-corrected chi connectivity index (χ1v) is 5.67. The van der Waals surface area contributed by atoms with Crippen LogP contribution in [0.5, 0.6) is 5.75 Å². The number of benzene rings is 1. The summed E-state index contributed by atoms with van der Waals surface area (Å²) in [5.41, 5.74) is 0.681. The third kappa shape index (κ3) is 4.10. The summed E-state index contributed by atoms with van der Waals surface area (Å²) in [7, 11) is 0. The summed E-state index contributed by atoms with van der Waals surface area (Å²) in [6.45, 7) is -1.33. The van der Waals surface area contributed by atoms with Gasteiger partial charge in [0.25, 0.3) is 0 Å². The van der Waals surface area contributed by atoms with E-state index < -0.39 is 12.8 Å². The molecular weight excluding hydrogens is 259 g/mol. The van der Waals surface area contributed by atoms with Gasteiger partial charge in [-0.1, -0.05) is 18.2 Å². The normalized spacial score (nSPS) is 11.7. The van der Waals surface area contributed by atoms with Crippen LogP contribution in [0, 0.1) is 0 Å². The second kappa shape index (κ2) is 5.88. The average Bonchev–Trinajstić information content (AvgIpc) is 2.37. The molecule has 102 valence electrons. The Bertz CT molecular complexity index is 537. The molecule has 0 spiro atoms. The van der Waals surface area contributed by atoms with Crippen molar-refractivity contribution in [3.05, 3.63) is 36.5 Å². The summed E-state index contributed by atoms with van der Waals surface area (Å²) in [6, 6.07) is 9.10. The van der Waals surface area contributed by atoms with Crippen molar-refractivity contribution >= 4 is 10.9 Å². The van der Waals surface area contributed by atoms with Gasteiger partial charge < -0.3 is 9.47 Å². The Morgan fingerprint density at radius 3 is 2.63 bits per heavy atom. The number of halogens is 3. The van der Waals surface area contributed by atoms with Crippen molar-refractivity contribution < 1.29 is 22.6 Å². The highest BCUT2D eigenvalue weighted by Gasteiger charge is 2.27. The van der Waals surface area contributed by atoms with Crippen LogP contribution < -0.4 is 4.74 Å². The lowest BCUT2D eigenvalue weighted by molar-refractivity contribution is -0.175. The lowest BCUT2D eigenvalue weighted by Gasteiger charge is -2.10. The Labute approximate surface area is 108 Å². The summed E-state index contributed by atoms with van der Waals surface area (Å²) in [5, 5.41) is 0.913. The van der Waals surface area contributed by atoms with E-state index in [9.17, 15) is 13.2 Å². The Morgan fingerprint density at radius 1 is 1.05 bits per heavy atom. The number of ether oxygens (including phenoxy) is 2. The summed E-state index contributed by atoms with van der Waals surface area (Å²) >= 11 is 0. The fraction of sp³-hybridized carbons (Fsp3) is 0.308. The SMILES string of the molecule is FC(F)(F)COCCOc1cccc2cccnc12. The van der Waals surface area contributed by atoms with Crippen molar-refractivity contribution in [3.63, 3.8) is 0 Å². The molecule has 1 aromatic heterocycles. The molecule has 6 heteroatoms. The van der Waals surface area contributed by atoms with Crippen LogP contribution in [0.2, 0.25) is 0 Å². The van der Waals surface area contributed by atoms with Crippen LogP contribution in [0.1, 0.15) is 0 Å². The number of para-hydroxylation sites is 1. The molecule has 1 heterocycles. The summed E-state index contributed by atoms with van der Waals surface area (Å²) < 4.78 is 45.4. The number of nitrogens with zero attached hydrogens (tertiary/aromatic N) is 1. The van der Waals surface area contributed by atoms with Gasteiger partial charge in [-0.15, -0.1) is 0 Å². The molecule has 0 saturated carbocycles. The van der Waals surface area contributed by atoms with Gasteiger partial charge in [-0.3, -0.25) is 4.98 Å². The largest absolute Gasteiger partial charge is 0.489 e. The van der Waals surface area contributed by atoms with Gasteiger partial charge in [0.15, 0.2) is 0 Å². The molecule has 0 fully saturated rings. The highest BCUT2D eigenvalue weighted by atomic mass is 19.4. The van der Waals surface area contributed by atoms with Crippen molar-refractivity contribution in [1.82, 2.24) is 4.98 Å². The zero-order valence-electron chi connectivity index (χ0n) is 9.98. The minimum absolute atomic E-state index is 0.0474. The van der Waals surface area contributed by atoms with Crippen molar-refractivity contribution in [3.8, 4) is 5.75 Å². The minimum atomic E-state index is -4.30. The zero-order chi connectivity index (χ0) is 13.7. The van der Waals surface area contributed by atoms with Gasteiger partial charge >= 0.3 is 6.18 Å². The Hall–Kier alpha value is -1.82. The molecule has 2 aromatic rings. The van der Waals surface area contributed by atoms with Gasteiger partial charge in [-0.05, 0) is 12.1 Å². The fourth-order valence-corrected chi connectivity index (χ4v) is 1.59. The molecule has 0 amide bonds. The molecule has 0 unspecified atom stereocenters. The summed E-state index contributed by atoms with van der Waals surface area (Å²) in [6.07, 6.45) is -2.67. The predicted molar refractivity (Wildman–Crippen MR) is 64.1 cm³/mol. The van der Waals surface area contributed by atoms with Crippen LogP contribution in [0.4, 0.5) is 13.2 Å². The molecule has 19 heavy (non-hydrogen) atoms. The van der Waals surface area contributed by atoms with E-state index in [1.54, 1.807) is 24.4 Å². The number of pyridine rings is 1. The van der Waals surface area contributed by atoms with E-state index in [1.807, 2.05) is 12.1 Å². The van der Waals surface area contributed by atoms with Crippen LogP contribution in [-0.4, -0.2) is 31.0 Å². The van der Waals surface area contributed by atoms with E-state index in [-0.39, 0.29) is 13.2 Å². The molecule has 0 saturated heterocycles. The van der Waals surface area contributed by atoms with Crippen molar-refractivity contribution in [2.75, 3.05) is 19.8 Å². The van der Waals surface area contributed by atoms with Crippen LogP contribution in [0.25, 0.3) is 10.9 Å². The van der Waals surface area contributed by atoms with Crippen molar-refractivity contribution in [2.45, 2.75) is 6.18 Å². The highest BCUT2D eigenvalue weighted by molar-refractivity contribution is 5.84. The quantitative estimate of drug-likeness (QED) is 0.783. The van der Waals surface area contributed by atoms with Crippen molar-refractivity contribution in [1.29, 1.82) is 0 Å². The second-order valence-electron chi connectivity index (χ2n) is 3.85. The number of hydrogen-bond acceptors (Lipinski definition) is 3. The number of aromatic nitrogens is 1. The van der Waals surface area contributed by atoms with E-state index in [4.69, 9.17) is 4.74 Å². The van der Waals surface area contributed by atoms with Crippen LogP contribution >= 0.6 is 0 Å². The lowest BCUT2D eigenvalue weighted by Crippen LogP contribution is -2.19. The number of hydrogen-bond donors (Lipinski definition) is 0. The molecule has 3 nitrogen and oxygen atoms in total. The second-order valence-corrected chi connectivity index (χ2v) is 3.85. The summed E-state index contributed by atoms with van der Waals surface area (Å²) in [5.74, 6) is 0.536. The van der Waals surface area contributed by atoms with Gasteiger partial charge in [0, 0.05) is 11.6 Å². The van der Waals surface area contributed by atoms with E-state index in [1.165, 1.54) is 0 Å². The topological polar surface area (TPSA) is 31.4 Å². The first-order valence-electron chi connectivity index (χ1n) is 5.67. The molecule has 2 rings (SSSR count). The maximum atomic E-state index is 11.8. The molecule has 0 aliphatic rings. The van der Waals surface area contributed by atoms with Crippen molar-refractivity contribution in [2.24, 2.45) is 0 Å². The van der Waals surface area contributed by atoms with Crippen LogP contribution in [-0.2, 0) is 4.74 Å². The monoisotopic (exact) mass is 271 g/mol. The number of alkyl halides is 3. The van der Waals surface area contributed by atoms with Gasteiger partial charge in [0.1, 0.15) is 24.5 Å². The maximum absolute atomic E-state index is 11.8. The van der Waals surface area contributed by atoms with E-state index in [0.717, 1.165) is 5.39 Å². The lowest BCUT2D eigenvalue weighted by atomic mass is 10.2. The van der Waals surface area contributed by atoms with Crippen LogP contribution in [0.3, 0.4) is 0 Å². The molecule has 0 aliphatic carbocycles. The van der Waals surface area contributed by atoms with Crippen LogP contribution in [0.15, 0.2) is 36.5 Å². The maximum Gasteiger partial charge on any atom is 0.411 e. The molecule has 0 atom stereocenters. The third-order valence-corrected chi connectivity index (χ3v) is 2.35. The first kappa shape index (κ1) is 13.6. The smallest absolute Gasteiger partial charge is 0.411 e. The Balaban J connectivity index is 1.88. The molecule has 1 aromatic carbocycles. The number of rotatable bonds is 5. The molecule has 0 N–H and O–H groups in total. The molecule has 0 radical (unpaired) electrons. The Morgan fingerprint density at radius 2 is 1.84 bits per heavy atom. The van der Waals surface area contributed by atoms with E-state index in [0.29, 0.717) is 11.3 Å². The zero-order valence-corrected chi connectivity index (χ0v) is 9.98. The minimum Gasteiger partial charge on any atom is -0.489 e. The number of fused-ring (bicyclic) bond motifs is 1. The summed E-state index contributed by atoms with van der Waals surface area (Å²) in [4.78, 5) is 4.17.